The highest BCUT2D eigenvalue weighted by atomic mass is 32.1. The van der Waals surface area contributed by atoms with Crippen LogP contribution in [-0.2, 0) is 16.1 Å². The van der Waals surface area contributed by atoms with Gasteiger partial charge in [-0.1, -0.05) is 48.5 Å². The zero-order valence-corrected chi connectivity index (χ0v) is 19.5. The maximum atomic E-state index is 12.4. The van der Waals surface area contributed by atoms with Crippen molar-refractivity contribution in [1.29, 1.82) is 0 Å². The number of carbonyl (C=O) groups is 3. The molecule has 2 amide bonds. The molecule has 0 saturated carbocycles. The summed E-state index contributed by atoms with van der Waals surface area (Å²) in [7, 11) is 0. The highest BCUT2D eigenvalue weighted by Gasteiger charge is 2.29. The van der Waals surface area contributed by atoms with Crippen LogP contribution >= 0.6 is 11.3 Å². The first-order chi connectivity index (χ1) is 16.4. The minimum Gasteiger partial charge on any atom is -0.481 e. The fourth-order valence-corrected chi connectivity index (χ4v) is 4.98. The maximum absolute atomic E-state index is 12.4. The van der Waals surface area contributed by atoms with Crippen LogP contribution in [-0.4, -0.2) is 41.2 Å². The molecule has 176 valence electrons. The molecule has 1 aromatic heterocycles. The molecule has 0 atom stereocenters. The SMILES string of the molecule is Cc1nc(CNC(=O)OCC2c3ccccc3-c3ccccc32)sc1C(=O)NCCCC(=O)O. The second-order valence-corrected chi connectivity index (χ2v) is 9.04. The Balaban J connectivity index is 1.29. The van der Waals surface area contributed by atoms with E-state index < -0.39 is 12.1 Å². The minimum atomic E-state index is -0.898. The summed E-state index contributed by atoms with van der Waals surface area (Å²) >= 11 is 1.19. The molecule has 0 aliphatic heterocycles. The highest BCUT2D eigenvalue weighted by Crippen LogP contribution is 2.44. The Kier molecular flexibility index (Phi) is 7.22. The molecule has 3 N–H and O–H groups in total. The quantitative estimate of drug-likeness (QED) is 0.398. The van der Waals surface area contributed by atoms with Crippen LogP contribution in [0.4, 0.5) is 4.79 Å². The molecule has 8 nitrogen and oxygen atoms in total. The van der Waals surface area contributed by atoms with Crippen molar-refractivity contribution in [2.45, 2.75) is 32.2 Å². The van der Waals surface area contributed by atoms with Crippen LogP contribution in [0.15, 0.2) is 48.5 Å². The van der Waals surface area contributed by atoms with Crippen LogP contribution in [0.5, 0.6) is 0 Å². The van der Waals surface area contributed by atoms with Crippen LogP contribution in [0.2, 0.25) is 0 Å². The lowest BCUT2D eigenvalue weighted by Gasteiger charge is -2.14. The van der Waals surface area contributed by atoms with Crippen LogP contribution < -0.4 is 10.6 Å². The summed E-state index contributed by atoms with van der Waals surface area (Å²) in [6, 6.07) is 16.3. The van der Waals surface area contributed by atoms with Crippen molar-refractivity contribution in [1.82, 2.24) is 15.6 Å². The monoisotopic (exact) mass is 479 g/mol. The average molecular weight is 480 g/mol. The Morgan fingerprint density at radius 3 is 2.32 bits per heavy atom. The average Bonchev–Trinajstić information content (AvgIpc) is 3.36. The van der Waals surface area contributed by atoms with Crippen LogP contribution in [0, 0.1) is 6.92 Å². The molecule has 4 rings (SSSR count). The summed E-state index contributed by atoms with van der Waals surface area (Å²) in [6.45, 7) is 2.37. The normalized spacial score (nSPS) is 12.0. The third kappa shape index (κ3) is 5.26. The summed E-state index contributed by atoms with van der Waals surface area (Å²) < 4.78 is 5.53. The Morgan fingerprint density at radius 2 is 1.68 bits per heavy atom. The molecule has 1 heterocycles. The molecule has 0 fully saturated rings. The number of carbonyl (C=O) groups excluding carboxylic acids is 2. The standard InChI is InChI=1S/C25H25N3O5S/c1-15-23(24(31)26-12-6-11-22(29)30)34-21(28-15)13-27-25(32)33-14-20-18-9-4-2-7-16(18)17-8-3-5-10-19(17)20/h2-5,7-10,20H,6,11-14H2,1H3,(H,26,31)(H,27,32)(H,29,30). The number of ether oxygens (including phenoxy) is 1. The van der Waals surface area contributed by atoms with E-state index in [9.17, 15) is 14.4 Å². The van der Waals surface area contributed by atoms with E-state index >= 15 is 0 Å². The molecule has 3 aromatic rings. The van der Waals surface area contributed by atoms with Crippen molar-refractivity contribution in [3.05, 3.63) is 75.2 Å². The number of nitrogens with one attached hydrogen (secondary N) is 2. The lowest BCUT2D eigenvalue weighted by molar-refractivity contribution is -0.137. The van der Waals surface area contributed by atoms with Crippen molar-refractivity contribution in [2.75, 3.05) is 13.2 Å². The van der Waals surface area contributed by atoms with Gasteiger partial charge in [-0.2, -0.15) is 0 Å². The fourth-order valence-electron chi connectivity index (χ4n) is 4.06. The number of hydrogen-bond acceptors (Lipinski definition) is 6. The number of aryl methyl sites for hydroxylation is 1. The van der Waals surface area contributed by atoms with Crippen molar-refractivity contribution in [3.63, 3.8) is 0 Å². The maximum Gasteiger partial charge on any atom is 0.407 e. The molecular formula is C25H25N3O5S. The van der Waals surface area contributed by atoms with Gasteiger partial charge in [-0.25, -0.2) is 9.78 Å². The number of carboxylic acid groups (broad SMARTS) is 1. The second kappa shape index (κ2) is 10.5. The molecule has 0 spiro atoms. The Morgan fingerprint density at radius 1 is 1.03 bits per heavy atom. The van der Waals surface area contributed by atoms with Crippen molar-refractivity contribution in [2.24, 2.45) is 0 Å². The van der Waals surface area contributed by atoms with Crippen LogP contribution in [0.3, 0.4) is 0 Å². The molecule has 2 aromatic carbocycles. The number of aliphatic carboxylic acids is 1. The Bertz CT molecular complexity index is 1180. The number of carboxylic acids is 1. The van der Waals surface area contributed by atoms with Crippen LogP contribution in [0.1, 0.15) is 50.3 Å². The molecule has 34 heavy (non-hydrogen) atoms. The first kappa shape index (κ1) is 23.4. The minimum absolute atomic E-state index is 0.00272. The number of nitrogens with zero attached hydrogens (tertiary/aromatic N) is 1. The lowest BCUT2D eigenvalue weighted by atomic mass is 9.98. The predicted molar refractivity (Wildman–Crippen MR) is 128 cm³/mol. The van der Waals surface area contributed by atoms with Gasteiger partial charge in [-0.3, -0.25) is 9.59 Å². The molecule has 0 radical (unpaired) electrons. The second-order valence-electron chi connectivity index (χ2n) is 7.95. The number of amides is 2. The lowest BCUT2D eigenvalue weighted by Crippen LogP contribution is -2.25. The first-order valence-electron chi connectivity index (χ1n) is 11.0. The van der Waals surface area contributed by atoms with Gasteiger partial charge in [0.1, 0.15) is 16.5 Å². The number of rotatable bonds is 9. The Hall–Kier alpha value is -3.72. The van der Waals surface area contributed by atoms with Gasteiger partial charge in [0, 0.05) is 18.9 Å². The molecule has 1 aliphatic rings. The van der Waals surface area contributed by atoms with Gasteiger partial charge in [0.2, 0.25) is 0 Å². The molecule has 9 heteroatoms. The summed E-state index contributed by atoms with van der Waals surface area (Å²) in [6.07, 6.45) is -0.193. The molecule has 0 saturated heterocycles. The van der Waals surface area contributed by atoms with Gasteiger partial charge in [0.05, 0.1) is 12.2 Å². The van der Waals surface area contributed by atoms with Crippen molar-refractivity contribution < 1.29 is 24.2 Å². The van der Waals surface area contributed by atoms with Gasteiger partial charge in [-0.15, -0.1) is 11.3 Å². The summed E-state index contributed by atoms with van der Waals surface area (Å²) in [4.78, 5) is 40.0. The zero-order valence-electron chi connectivity index (χ0n) is 18.7. The summed E-state index contributed by atoms with van der Waals surface area (Å²) in [5, 5.41) is 14.7. The van der Waals surface area contributed by atoms with Gasteiger partial charge >= 0.3 is 12.1 Å². The fraction of sp³-hybridized carbons (Fsp3) is 0.280. The predicted octanol–water partition coefficient (Wildman–Crippen LogP) is 4.08. The molecule has 1 aliphatic carbocycles. The van der Waals surface area contributed by atoms with Gasteiger partial charge in [0.25, 0.3) is 5.91 Å². The molecule has 0 unspecified atom stereocenters. The smallest absolute Gasteiger partial charge is 0.407 e. The van der Waals surface area contributed by atoms with E-state index in [4.69, 9.17) is 9.84 Å². The first-order valence-corrected chi connectivity index (χ1v) is 11.8. The molecular weight excluding hydrogens is 454 g/mol. The van der Waals surface area contributed by atoms with Crippen LogP contribution in [0.25, 0.3) is 11.1 Å². The number of thiazole rings is 1. The van der Waals surface area contributed by atoms with E-state index in [2.05, 4.69) is 39.9 Å². The van der Waals surface area contributed by atoms with E-state index in [1.165, 1.54) is 22.5 Å². The van der Waals surface area contributed by atoms with Gasteiger partial charge < -0.3 is 20.5 Å². The molecule has 0 bridgehead atoms. The topological polar surface area (TPSA) is 118 Å². The number of hydrogen-bond donors (Lipinski definition) is 3. The van der Waals surface area contributed by atoms with E-state index in [1.54, 1.807) is 6.92 Å². The van der Waals surface area contributed by atoms with E-state index in [0.29, 0.717) is 22.0 Å². The van der Waals surface area contributed by atoms with E-state index in [1.807, 2.05) is 24.3 Å². The number of benzene rings is 2. The van der Waals surface area contributed by atoms with Gasteiger partial charge in [0.15, 0.2) is 0 Å². The Labute approximate surface area is 201 Å². The van der Waals surface area contributed by atoms with Crippen molar-refractivity contribution in [3.8, 4) is 11.1 Å². The number of alkyl carbamates (subject to hydrolysis) is 1. The number of fused-ring (bicyclic) bond motifs is 3. The van der Waals surface area contributed by atoms with E-state index in [0.717, 1.165) is 11.1 Å². The zero-order chi connectivity index (χ0) is 24.1. The van der Waals surface area contributed by atoms with Gasteiger partial charge in [-0.05, 0) is 35.6 Å². The summed E-state index contributed by atoms with van der Waals surface area (Å²) in [5.74, 6) is -1.21. The third-order valence-electron chi connectivity index (χ3n) is 5.63. The third-order valence-corrected chi connectivity index (χ3v) is 6.78. The van der Waals surface area contributed by atoms with Crippen molar-refractivity contribution >= 4 is 29.3 Å². The summed E-state index contributed by atoms with van der Waals surface area (Å²) in [5.41, 5.74) is 5.18. The number of aromatic nitrogens is 1. The van der Waals surface area contributed by atoms with E-state index in [-0.39, 0.29) is 37.9 Å². The largest absolute Gasteiger partial charge is 0.481 e. The highest BCUT2D eigenvalue weighted by molar-refractivity contribution is 7.13.